The van der Waals surface area contributed by atoms with Crippen LogP contribution in [0, 0.1) is 11.6 Å². The third kappa shape index (κ3) is 4.00. The number of hydrogen-bond acceptors (Lipinski definition) is 3. The summed E-state index contributed by atoms with van der Waals surface area (Å²) in [6, 6.07) is 1.76. The Morgan fingerprint density at radius 2 is 1.75 bits per heavy atom. The van der Waals surface area contributed by atoms with Crippen molar-refractivity contribution in [1.29, 1.82) is 0 Å². The van der Waals surface area contributed by atoms with E-state index in [0.717, 1.165) is 12.1 Å². The van der Waals surface area contributed by atoms with E-state index < -0.39 is 44.0 Å². The fourth-order valence-corrected chi connectivity index (χ4v) is 2.63. The van der Waals surface area contributed by atoms with E-state index in [1.54, 1.807) is 20.8 Å². The van der Waals surface area contributed by atoms with Crippen LogP contribution >= 0.6 is 0 Å². The van der Waals surface area contributed by atoms with Crippen LogP contribution in [0.25, 0.3) is 0 Å². The average molecular weight is 304 g/mol. The first kappa shape index (κ1) is 16.6. The largest absolute Gasteiger partial charge is 0.399 e. The molecule has 1 aromatic carbocycles. The predicted molar refractivity (Wildman–Crippen MR) is 74.5 cm³/mol. The first-order valence-corrected chi connectivity index (χ1v) is 7.21. The van der Waals surface area contributed by atoms with Crippen LogP contribution in [-0.4, -0.2) is 20.9 Å². The summed E-state index contributed by atoms with van der Waals surface area (Å²) in [6.07, 6.45) is 0. The number of benzene rings is 1. The van der Waals surface area contributed by atoms with Crippen LogP contribution in [0.15, 0.2) is 17.0 Å². The molecule has 7 heteroatoms. The predicted octanol–water partition coefficient (Wildman–Crippen LogP) is 1.96. The molecule has 0 heterocycles. The summed E-state index contributed by atoms with van der Waals surface area (Å²) >= 11 is 0. The number of nitrogen functional groups attached to an aromatic ring is 1. The number of amides is 1. The SMILES string of the molecule is CC(C(=O)NC(C)(C)C)S(=O)c1c(F)cc(N)cc1F. The van der Waals surface area contributed by atoms with Crippen molar-refractivity contribution in [2.75, 3.05) is 5.73 Å². The zero-order valence-electron chi connectivity index (χ0n) is 11.8. The van der Waals surface area contributed by atoms with Crippen LogP contribution in [0.3, 0.4) is 0 Å². The zero-order valence-corrected chi connectivity index (χ0v) is 12.6. The second-order valence-electron chi connectivity index (χ2n) is 5.49. The highest BCUT2D eigenvalue weighted by Crippen LogP contribution is 2.22. The normalized spacial score (nSPS) is 14.7. The van der Waals surface area contributed by atoms with Gasteiger partial charge in [0, 0.05) is 11.2 Å². The average Bonchev–Trinajstić information content (AvgIpc) is 2.23. The molecular formula is C13H18F2N2O2S. The lowest BCUT2D eigenvalue weighted by Crippen LogP contribution is -2.46. The van der Waals surface area contributed by atoms with Gasteiger partial charge in [-0.25, -0.2) is 8.78 Å². The van der Waals surface area contributed by atoms with Gasteiger partial charge >= 0.3 is 0 Å². The summed E-state index contributed by atoms with van der Waals surface area (Å²) in [5.41, 5.74) is 4.67. The van der Waals surface area contributed by atoms with Crippen molar-refractivity contribution < 1.29 is 17.8 Å². The first-order chi connectivity index (χ1) is 9.03. The summed E-state index contributed by atoms with van der Waals surface area (Å²) in [7, 11) is -2.14. The minimum absolute atomic E-state index is 0.104. The molecule has 0 spiro atoms. The Bertz CT molecular complexity index is 533. The summed E-state index contributed by atoms with van der Waals surface area (Å²) < 4.78 is 39.5. The molecule has 3 N–H and O–H groups in total. The van der Waals surface area contributed by atoms with E-state index in [1.807, 2.05) is 0 Å². The van der Waals surface area contributed by atoms with Crippen LogP contribution in [-0.2, 0) is 15.6 Å². The second kappa shape index (κ2) is 5.87. The molecule has 0 fully saturated rings. The van der Waals surface area contributed by atoms with E-state index in [4.69, 9.17) is 5.73 Å². The lowest BCUT2D eigenvalue weighted by molar-refractivity contribution is -0.121. The minimum Gasteiger partial charge on any atom is -0.399 e. The van der Waals surface area contributed by atoms with Crippen molar-refractivity contribution in [3.8, 4) is 0 Å². The molecule has 0 aliphatic rings. The summed E-state index contributed by atoms with van der Waals surface area (Å²) in [5, 5.41) is 1.54. The third-order valence-corrected chi connectivity index (χ3v) is 4.06. The summed E-state index contributed by atoms with van der Waals surface area (Å²) in [6.45, 7) is 6.62. The van der Waals surface area contributed by atoms with Crippen LogP contribution in [0.2, 0.25) is 0 Å². The lowest BCUT2D eigenvalue weighted by Gasteiger charge is -2.23. The molecule has 2 atom stereocenters. The van der Waals surface area contributed by atoms with Crippen molar-refractivity contribution in [1.82, 2.24) is 5.32 Å². The molecule has 0 aliphatic carbocycles. The number of nitrogens with two attached hydrogens (primary N) is 1. The second-order valence-corrected chi connectivity index (χ2v) is 7.20. The molecule has 0 bridgehead atoms. The number of carbonyl (C=O) groups excluding carboxylic acids is 1. The lowest BCUT2D eigenvalue weighted by atomic mass is 10.1. The van der Waals surface area contributed by atoms with E-state index in [-0.39, 0.29) is 5.69 Å². The van der Waals surface area contributed by atoms with E-state index >= 15 is 0 Å². The van der Waals surface area contributed by atoms with Gasteiger partial charge in [0.25, 0.3) is 0 Å². The standard InChI is InChI=1S/C13H18F2N2O2S/c1-7(12(18)17-13(2,3)4)20(19)11-9(14)5-8(16)6-10(11)15/h5-7H,16H2,1-4H3,(H,17,18). The first-order valence-electron chi connectivity index (χ1n) is 6.00. The molecule has 0 saturated carbocycles. The number of rotatable bonds is 3. The Kier molecular flexibility index (Phi) is 4.86. The Hall–Kier alpha value is -1.50. The zero-order chi connectivity index (χ0) is 15.7. The molecule has 2 unspecified atom stereocenters. The summed E-state index contributed by atoms with van der Waals surface area (Å²) in [5.74, 6) is -2.57. The molecule has 4 nitrogen and oxygen atoms in total. The van der Waals surface area contributed by atoms with Crippen molar-refractivity contribution in [3.63, 3.8) is 0 Å². The minimum atomic E-state index is -2.14. The molecule has 112 valence electrons. The molecule has 0 aliphatic heterocycles. The Balaban J connectivity index is 3.04. The maximum atomic E-state index is 13.7. The molecule has 0 radical (unpaired) electrons. The number of hydrogen-bond donors (Lipinski definition) is 2. The van der Waals surface area contributed by atoms with Gasteiger partial charge in [-0.15, -0.1) is 0 Å². The quantitative estimate of drug-likeness (QED) is 0.839. The van der Waals surface area contributed by atoms with Gasteiger partial charge in [-0.1, -0.05) is 0 Å². The van der Waals surface area contributed by atoms with Gasteiger partial charge in [-0.3, -0.25) is 9.00 Å². The molecule has 1 aromatic rings. The Morgan fingerprint density at radius 3 is 2.15 bits per heavy atom. The Morgan fingerprint density at radius 1 is 1.30 bits per heavy atom. The molecule has 0 aromatic heterocycles. The van der Waals surface area contributed by atoms with Crippen LogP contribution in [0.5, 0.6) is 0 Å². The number of carbonyl (C=O) groups is 1. The van der Waals surface area contributed by atoms with E-state index in [0.29, 0.717) is 0 Å². The Labute approximate surface area is 119 Å². The third-order valence-electron chi connectivity index (χ3n) is 2.41. The van der Waals surface area contributed by atoms with Gasteiger partial charge in [0.05, 0.1) is 10.8 Å². The number of halogens is 2. The highest BCUT2D eigenvalue weighted by Gasteiger charge is 2.28. The maximum Gasteiger partial charge on any atom is 0.236 e. The van der Waals surface area contributed by atoms with Crippen molar-refractivity contribution in [2.45, 2.75) is 43.4 Å². The van der Waals surface area contributed by atoms with Crippen LogP contribution in [0.1, 0.15) is 27.7 Å². The van der Waals surface area contributed by atoms with Gasteiger partial charge in [-0.05, 0) is 39.8 Å². The van der Waals surface area contributed by atoms with Crippen molar-refractivity contribution in [3.05, 3.63) is 23.8 Å². The van der Waals surface area contributed by atoms with Gasteiger partial charge < -0.3 is 11.1 Å². The fourth-order valence-electron chi connectivity index (χ4n) is 1.52. The fraction of sp³-hybridized carbons (Fsp3) is 0.462. The highest BCUT2D eigenvalue weighted by atomic mass is 32.2. The molecular weight excluding hydrogens is 286 g/mol. The van der Waals surface area contributed by atoms with Crippen LogP contribution < -0.4 is 11.1 Å². The van der Waals surface area contributed by atoms with Crippen molar-refractivity contribution in [2.24, 2.45) is 0 Å². The molecule has 20 heavy (non-hydrogen) atoms. The summed E-state index contributed by atoms with van der Waals surface area (Å²) in [4.78, 5) is 11.3. The maximum absolute atomic E-state index is 13.7. The number of nitrogens with one attached hydrogen (secondary N) is 1. The van der Waals surface area contributed by atoms with Gasteiger partial charge in [0.2, 0.25) is 5.91 Å². The van der Waals surface area contributed by atoms with Crippen LogP contribution in [0.4, 0.5) is 14.5 Å². The monoisotopic (exact) mass is 304 g/mol. The molecule has 1 rings (SSSR count). The van der Waals surface area contributed by atoms with Gasteiger partial charge in [-0.2, -0.15) is 0 Å². The highest BCUT2D eigenvalue weighted by molar-refractivity contribution is 7.86. The van der Waals surface area contributed by atoms with E-state index in [9.17, 15) is 17.8 Å². The molecule has 0 saturated heterocycles. The van der Waals surface area contributed by atoms with Gasteiger partial charge in [0.15, 0.2) is 0 Å². The van der Waals surface area contributed by atoms with E-state index in [2.05, 4.69) is 5.32 Å². The molecule has 1 amide bonds. The number of anilines is 1. The van der Waals surface area contributed by atoms with E-state index in [1.165, 1.54) is 6.92 Å². The smallest absolute Gasteiger partial charge is 0.236 e. The topological polar surface area (TPSA) is 72.2 Å². The van der Waals surface area contributed by atoms with Gasteiger partial charge in [0.1, 0.15) is 21.8 Å². The van der Waals surface area contributed by atoms with Crippen molar-refractivity contribution >= 4 is 22.4 Å².